The fraction of sp³-hybridized carbons (Fsp3) is 0.611. The molecule has 0 unspecified atom stereocenters. The maximum absolute atomic E-state index is 12.0. The van der Waals surface area contributed by atoms with Gasteiger partial charge in [0.1, 0.15) is 13.1 Å². The number of morpholine rings is 1. The molecule has 0 aliphatic carbocycles. The van der Waals surface area contributed by atoms with Gasteiger partial charge in [-0.25, -0.2) is 8.42 Å². The van der Waals surface area contributed by atoms with Gasteiger partial charge in [-0.15, -0.1) is 0 Å². The number of ether oxygens (including phenoxy) is 1. The molecule has 1 amide bonds. The molecule has 1 aromatic rings. The number of carbonyl (C=O) groups is 1. The van der Waals surface area contributed by atoms with Crippen LogP contribution in [0.15, 0.2) is 24.3 Å². The first-order chi connectivity index (χ1) is 12.9. The lowest BCUT2D eigenvalue weighted by Gasteiger charge is -2.23. The summed E-state index contributed by atoms with van der Waals surface area (Å²) in [7, 11) is -3.42. The highest BCUT2D eigenvalue weighted by molar-refractivity contribution is 7.92. The van der Waals surface area contributed by atoms with Crippen molar-refractivity contribution in [2.45, 2.75) is 19.3 Å². The van der Waals surface area contributed by atoms with Gasteiger partial charge in [0.05, 0.1) is 31.7 Å². The van der Waals surface area contributed by atoms with Crippen LogP contribution in [-0.4, -0.2) is 66.5 Å². The number of halogens is 1. The van der Waals surface area contributed by atoms with E-state index < -0.39 is 10.0 Å². The maximum atomic E-state index is 12.0. The Balaban J connectivity index is 1.69. The summed E-state index contributed by atoms with van der Waals surface area (Å²) in [5.74, 6) is -0.0449. The van der Waals surface area contributed by atoms with Gasteiger partial charge in [-0.1, -0.05) is 11.6 Å². The Bertz CT molecular complexity index is 691. The lowest BCUT2D eigenvalue weighted by molar-refractivity contribution is -0.908. The van der Waals surface area contributed by atoms with Crippen LogP contribution in [0.4, 0.5) is 5.69 Å². The zero-order chi connectivity index (χ0) is 19.7. The fourth-order valence-electron chi connectivity index (χ4n) is 3.04. The lowest BCUT2D eigenvalue weighted by Crippen LogP contribution is -3.14. The SMILES string of the molecule is CS(=O)(=O)N(CCCC(=O)NCCC[NH+]1CCOCC1)c1ccc(Cl)cc1. The number of hydrogen-bond donors (Lipinski definition) is 2. The van der Waals surface area contributed by atoms with Gasteiger partial charge in [0, 0.05) is 31.0 Å². The summed E-state index contributed by atoms with van der Waals surface area (Å²) < 4.78 is 30.7. The van der Waals surface area contributed by atoms with E-state index in [0.717, 1.165) is 45.5 Å². The monoisotopic (exact) mass is 418 g/mol. The average molecular weight is 419 g/mol. The number of carbonyl (C=O) groups excluding carboxylic acids is 1. The molecule has 9 heteroatoms. The number of rotatable bonds is 10. The van der Waals surface area contributed by atoms with Gasteiger partial charge in [-0.2, -0.15) is 0 Å². The summed E-state index contributed by atoms with van der Waals surface area (Å²) in [5.41, 5.74) is 0.552. The second-order valence-electron chi connectivity index (χ2n) is 6.73. The van der Waals surface area contributed by atoms with E-state index in [-0.39, 0.29) is 12.5 Å². The Kier molecular flexibility index (Phi) is 8.82. The smallest absolute Gasteiger partial charge is 0.232 e. The molecule has 2 N–H and O–H groups in total. The number of nitrogens with zero attached hydrogens (tertiary/aromatic N) is 1. The zero-order valence-corrected chi connectivity index (χ0v) is 17.3. The molecule has 0 bridgehead atoms. The molecule has 1 aliphatic heterocycles. The van der Waals surface area contributed by atoms with Crippen molar-refractivity contribution in [3.8, 4) is 0 Å². The summed E-state index contributed by atoms with van der Waals surface area (Å²) >= 11 is 5.86. The minimum absolute atomic E-state index is 0.0449. The highest BCUT2D eigenvalue weighted by Gasteiger charge is 2.17. The molecule has 0 spiro atoms. The third kappa shape index (κ3) is 8.04. The Labute approximate surface area is 166 Å². The number of hydrogen-bond acceptors (Lipinski definition) is 4. The minimum atomic E-state index is -3.42. The third-order valence-corrected chi connectivity index (χ3v) is 5.96. The highest BCUT2D eigenvalue weighted by atomic mass is 35.5. The molecular formula is C18H29ClN3O4S+. The first kappa shape index (κ1) is 21.9. The van der Waals surface area contributed by atoms with E-state index in [1.807, 2.05) is 0 Å². The Morgan fingerprint density at radius 2 is 1.89 bits per heavy atom. The van der Waals surface area contributed by atoms with Crippen molar-refractivity contribution in [2.24, 2.45) is 0 Å². The van der Waals surface area contributed by atoms with Crippen LogP contribution in [0.3, 0.4) is 0 Å². The largest absolute Gasteiger partial charge is 0.370 e. The molecule has 1 fully saturated rings. The summed E-state index contributed by atoms with van der Waals surface area (Å²) in [6.07, 6.45) is 2.84. The van der Waals surface area contributed by atoms with E-state index in [0.29, 0.717) is 30.1 Å². The van der Waals surface area contributed by atoms with Crippen molar-refractivity contribution >= 4 is 33.2 Å². The van der Waals surface area contributed by atoms with Gasteiger partial charge < -0.3 is 15.0 Å². The van der Waals surface area contributed by atoms with Gasteiger partial charge in [0.15, 0.2) is 0 Å². The Hall–Kier alpha value is -1.35. The van der Waals surface area contributed by atoms with Gasteiger partial charge >= 0.3 is 0 Å². The molecular weight excluding hydrogens is 390 g/mol. The standard InChI is InChI=1S/C18H28ClN3O4S/c1-27(24,25)22(17-7-5-16(19)6-8-17)11-2-4-18(23)20-9-3-10-21-12-14-26-15-13-21/h5-8H,2-4,9-15H2,1H3,(H,20,23)/p+1. The molecule has 0 atom stereocenters. The molecule has 1 heterocycles. The number of quaternary nitrogens is 1. The number of nitrogens with one attached hydrogen (secondary N) is 2. The van der Waals surface area contributed by atoms with Crippen LogP contribution in [0.25, 0.3) is 0 Å². The van der Waals surface area contributed by atoms with Crippen LogP contribution < -0.4 is 14.5 Å². The van der Waals surface area contributed by atoms with Gasteiger partial charge in [-0.05, 0) is 30.7 Å². The third-order valence-electron chi connectivity index (χ3n) is 4.51. The average Bonchev–Trinajstić information content (AvgIpc) is 2.63. The quantitative estimate of drug-likeness (QED) is 0.536. The molecule has 0 radical (unpaired) electrons. The van der Waals surface area contributed by atoms with E-state index in [4.69, 9.17) is 16.3 Å². The van der Waals surface area contributed by atoms with Gasteiger partial charge in [0.25, 0.3) is 0 Å². The van der Waals surface area contributed by atoms with Gasteiger partial charge in [0.2, 0.25) is 15.9 Å². The number of sulfonamides is 1. The van der Waals surface area contributed by atoms with Crippen molar-refractivity contribution in [3.05, 3.63) is 29.3 Å². The Morgan fingerprint density at radius 3 is 2.52 bits per heavy atom. The van der Waals surface area contributed by atoms with Crippen LogP contribution in [-0.2, 0) is 19.6 Å². The maximum Gasteiger partial charge on any atom is 0.232 e. The lowest BCUT2D eigenvalue weighted by atomic mass is 10.2. The molecule has 0 aromatic heterocycles. The van der Waals surface area contributed by atoms with E-state index in [1.54, 1.807) is 24.3 Å². The van der Waals surface area contributed by atoms with Crippen molar-refractivity contribution < 1.29 is 22.8 Å². The van der Waals surface area contributed by atoms with E-state index in [2.05, 4.69) is 5.32 Å². The summed E-state index contributed by atoms with van der Waals surface area (Å²) in [6.45, 7) is 5.61. The molecule has 152 valence electrons. The second kappa shape index (κ2) is 10.8. The summed E-state index contributed by atoms with van der Waals surface area (Å²) in [6, 6.07) is 6.63. The van der Waals surface area contributed by atoms with E-state index >= 15 is 0 Å². The minimum Gasteiger partial charge on any atom is -0.370 e. The van der Waals surface area contributed by atoms with Crippen LogP contribution in [0.1, 0.15) is 19.3 Å². The number of anilines is 1. The molecule has 7 nitrogen and oxygen atoms in total. The Morgan fingerprint density at radius 1 is 1.22 bits per heavy atom. The molecule has 1 aliphatic rings. The molecule has 1 aromatic carbocycles. The van der Waals surface area contributed by atoms with Crippen LogP contribution in [0, 0.1) is 0 Å². The number of amides is 1. The van der Waals surface area contributed by atoms with E-state index in [1.165, 1.54) is 9.21 Å². The van der Waals surface area contributed by atoms with Crippen LogP contribution >= 0.6 is 11.6 Å². The van der Waals surface area contributed by atoms with Gasteiger partial charge in [-0.3, -0.25) is 9.10 Å². The molecule has 1 saturated heterocycles. The van der Waals surface area contributed by atoms with Crippen molar-refractivity contribution in [3.63, 3.8) is 0 Å². The first-order valence-corrected chi connectivity index (χ1v) is 11.5. The highest BCUT2D eigenvalue weighted by Crippen LogP contribution is 2.20. The predicted octanol–water partition coefficient (Wildman–Crippen LogP) is 0.308. The fourth-order valence-corrected chi connectivity index (χ4v) is 4.13. The molecule has 0 saturated carbocycles. The van der Waals surface area contributed by atoms with Crippen molar-refractivity contribution in [1.82, 2.24) is 5.32 Å². The first-order valence-electron chi connectivity index (χ1n) is 9.27. The summed E-state index contributed by atoms with van der Waals surface area (Å²) in [4.78, 5) is 13.5. The summed E-state index contributed by atoms with van der Waals surface area (Å²) in [5, 5.41) is 3.46. The normalized spacial score (nSPS) is 15.5. The van der Waals surface area contributed by atoms with Crippen molar-refractivity contribution in [2.75, 3.05) is 56.5 Å². The molecule has 2 rings (SSSR count). The second-order valence-corrected chi connectivity index (χ2v) is 9.07. The van der Waals surface area contributed by atoms with E-state index in [9.17, 15) is 13.2 Å². The van der Waals surface area contributed by atoms with Crippen LogP contribution in [0.2, 0.25) is 5.02 Å². The topological polar surface area (TPSA) is 80.2 Å². The number of benzene rings is 1. The van der Waals surface area contributed by atoms with Crippen LogP contribution in [0.5, 0.6) is 0 Å². The predicted molar refractivity (Wildman–Crippen MR) is 107 cm³/mol. The molecule has 27 heavy (non-hydrogen) atoms. The van der Waals surface area contributed by atoms with Crippen molar-refractivity contribution in [1.29, 1.82) is 0 Å². The zero-order valence-electron chi connectivity index (χ0n) is 15.7.